The van der Waals surface area contributed by atoms with E-state index in [-0.39, 0.29) is 23.2 Å². The second kappa shape index (κ2) is 7.76. The van der Waals surface area contributed by atoms with Crippen molar-refractivity contribution in [1.82, 2.24) is 14.9 Å². The Hall–Kier alpha value is -3.04. The number of benzene rings is 2. The lowest BCUT2D eigenvalue weighted by Gasteiger charge is -2.16. The van der Waals surface area contributed by atoms with E-state index in [1.807, 2.05) is 37.3 Å². The van der Waals surface area contributed by atoms with Gasteiger partial charge in [0.15, 0.2) is 0 Å². The highest BCUT2D eigenvalue weighted by Gasteiger charge is 2.26. The number of amides is 1. The summed E-state index contributed by atoms with van der Waals surface area (Å²) in [7, 11) is -3.76. The molecule has 150 valence electrons. The predicted molar refractivity (Wildman–Crippen MR) is 107 cm³/mol. The summed E-state index contributed by atoms with van der Waals surface area (Å²) in [6.45, 7) is 2.27. The maximum atomic E-state index is 12.7. The molecule has 9 heteroatoms. The Morgan fingerprint density at radius 3 is 2.76 bits per heavy atom. The Morgan fingerprint density at radius 1 is 1.21 bits per heavy atom. The van der Waals surface area contributed by atoms with Gasteiger partial charge in [-0.3, -0.25) is 4.79 Å². The summed E-state index contributed by atoms with van der Waals surface area (Å²) in [5, 5.41) is 3.88. The minimum Gasteiger partial charge on any atom is -0.338 e. The zero-order chi connectivity index (χ0) is 20.4. The molecule has 0 spiro atoms. The topological polar surface area (TPSA) is 105 Å². The summed E-state index contributed by atoms with van der Waals surface area (Å²) in [5.74, 6) is 0.606. The third-order valence-electron chi connectivity index (χ3n) is 4.77. The number of carbonyl (C=O) groups is 1. The number of nitrogens with zero attached hydrogens (tertiary/aromatic N) is 3. The highest BCUT2D eigenvalue weighted by molar-refractivity contribution is 7.89. The predicted octanol–water partition coefficient (Wildman–Crippen LogP) is 2.51. The van der Waals surface area contributed by atoms with Crippen LogP contribution in [-0.2, 0) is 27.8 Å². The second-order valence-corrected chi connectivity index (χ2v) is 8.41. The van der Waals surface area contributed by atoms with Gasteiger partial charge in [0.05, 0.1) is 11.4 Å². The first kappa shape index (κ1) is 19.3. The standard InChI is InChI=1S/C20H20N4O4S/c1-2-19(25)24-11-10-15-12-16(8-9-17(15)24)29(26,27)21-13-18-22-20(23-28-18)14-6-4-3-5-7-14/h3-9,12,21H,2,10-11,13H2,1H3. The fraction of sp³-hybridized carbons (Fsp3) is 0.250. The van der Waals surface area contributed by atoms with Crippen LogP contribution in [0, 0.1) is 0 Å². The van der Waals surface area contributed by atoms with Crippen LogP contribution in [0.1, 0.15) is 24.8 Å². The van der Waals surface area contributed by atoms with E-state index < -0.39 is 10.0 Å². The average Bonchev–Trinajstić information content (AvgIpc) is 3.39. The van der Waals surface area contributed by atoms with Gasteiger partial charge in [0.2, 0.25) is 27.6 Å². The molecule has 0 saturated heterocycles. The molecule has 0 saturated carbocycles. The maximum absolute atomic E-state index is 12.7. The quantitative estimate of drug-likeness (QED) is 0.667. The molecule has 0 bridgehead atoms. The van der Waals surface area contributed by atoms with Gasteiger partial charge in [-0.15, -0.1) is 0 Å². The number of hydrogen-bond donors (Lipinski definition) is 1. The molecule has 8 nitrogen and oxygen atoms in total. The zero-order valence-electron chi connectivity index (χ0n) is 15.8. The molecule has 2 heterocycles. The summed E-state index contributed by atoms with van der Waals surface area (Å²) in [4.78, 5) is 18.1. The molecule has 1 aliphatic heterocycles. The maximum Gasteiger partial charge on any atom is 0.242 e. The van der Waals surface area contributed by atoms with Crippen LogP contribution < -0.4 is 9.62 Å². The summed E-state index contributed by atoms with van der Waals surface area (Å²) in [6.07, 6.45) is 1.05. The third kappa shape index (κ3) is 3.92. The van der Waals surface area contributed by atoms with E-state index in [1.165, 1.54) is 6.07 Å². The van der Waals surface area contributed by atoms with Gasteiger partial charge >= 0.3 is 0 Å². The fourth-order valence-corrected chi connectivity index (χ4v) is 4.29. The van der Waals surface area contributed by atoms with Crippen molar-refractivity contribution in [2.45, 2.75) is 31.2 Å². The van der Waals surface area contributed by atoms with E-state index in [4.69, 9.17) is 4.52 Å². The van der Waals surface area contributed by atoms with Crippen molar-refractivity contribution in [2.24, 2.45) is 0 Å². The fourth-order valence-electron chi connectivity index (χ4n) is 3.27. The highest BCUT2D eigenvalue weighted by atomic mass is 32.2. The molecule has 0 radical (unpaired) electrons. The van der Waals surface area contributed by atoms with Crippen molar-refractivity contribution in [3.8, 4) is 11.4 Å². The van der Waals surface area contributed by atoms with Crippen LogP contribution in [0.3, 0.4) is 0 Å². The lowest BCUT2D eigenvalue weighted by atomic mass is 10.2. The van der Waals surface area contributed by atoms with Gasteiger partial charge in [0.1, 0.15) is 0 Å². The van der Waals surface area contributed by atoms with Crippen LogP contribution >= 0.6 is 0 Å². The van der Waals surface area contributed by atoms with Crippen LogP contribution in [0.15, 0.2) is 57.9 Å². The minimum absolute atomic E-state index is 0.0306. The van der Waals surface area contributed by atoms with E-state index in [9.17, 15) is 13.2 Å². The van der Waals surface area contributed by atoms with Crippen molar-refractivity contribution < 1.29 is 17.7 Å². The SMILES string of the molecule is CCC(=O)N1CCc2cc(S(=O)(=O)NCc3nc(-c4ccccc4)no3)ccc21. The first-order valence-corrected chi connectivity index (χ1v) is 10.8. The molecular formula is C20H20N4O4S. The number of anilines is 1. The van der Waals surface area contributed by atoms with Gasteiger partial charge in [-0.05, 0) is 30.2 Å². The number of carbonyl (C=O) groups excluding carboxylic acids is 1. The Bertz CT molecular complexity index is 1140. The molecule has 2 aromatic carbocycles. The van der Waals surface area contributed by atoms with E-state index in [2.05, 4.69) is 14.9 Å². The van der Waals surface area contributed by atoms with Crippen molar-refractivity contribution >= 4 is 21.6 Å². The van der Waals surface area contributed by atoms with Gasteiger partial charge in [0, 0.05) is 24.2 Å². The molecule has 0 aliphatic carbocycles. The molecule has 29 heavy (non-hydrogen) atoms. The molecule has 4 rings (SSSR count). The Kier molecular flexibility index (Phi) is 5.16. The van der Waals surface area contributed by atoms with Crippen molar-refractivity contribution in [2.75, 3.05) is 11.4 Å². The van der Waals surface area contributed by atoms with Crippen molar-refractivity contribution in [1.29, 1.82) is 0 Å². The van der Waals surface area contributed by atoms with E-state index in [0.717, 1.165) is 16.8 Å². The van der Waals surface area contributed by atoms with Gasteiger partial charge < -0.3 is 9.42 Å². The number of aromatic nitrogens is 2. The first-order chi connectivity index (χ1) is 14.0. The van der Waals surface area contributed by atoms with Crippen LogP contribution in [0.2, 0.25) is 0 Å². The van der Waals surface area contributed by atoms with Gasteiger partial charge in [-0.2, -0.15) is 4.98 Å². The lowest BCUT2D eigenvalue weighted by molar-refractivity contribution is -0.118. The average molecular weight is 412 g/mol. The van der Waals surface area contributed by atoms with Gasteiger partial charge in [0.25, 0.3) is 0 Å². The molecule has 0 fully saturated rings. The van der Waals surface area contributed by atoms with Gasteiger partial charge in [-0.25, -0.2) is 13.1 Å². The molecule has 0 atom stereocenters. The summed E-state index contributed by atoms with van der Waals surface area (Å²) in [6, 6.07) is 14.1. The van der Waals surface area contributed by atoms with Crippen LogP contribution in [0.25, 0.3) is 11.4 Å². The van der Waals surface area contributed by atoms with Crippen molar-refractivity contribution in [3.05, 3.63) is 60.0 Å². The first-order valence-electron chi connectivity index (χ1n) is 9.29. The number of hydrogen-bond acceptors (Lipinski definition) is 6. The largest absolute Gasteiger partial charge is 0.338 e. The van der Waals surface area contributed by atoms with E-state index in [1.54, 1.807) is 17.0 Å². The van der Waals surface area contributed by atoms with Crippen LogP contribution in [-0.4, -0.2) is 31.0 Å². The monoisotopic (exact) mass is 412 g/mol. The third-order valence-corrected chi connectivity index (χ3v) is 6.17. The Morgan fingerprint density at radius 2 is 2.00 bits per heavy atom. The summed E-state index contributed by atoms with van der Waals surface area (Å²) in [5.41, 5.74) is 2.41. The molecule has 1 amide bonds. The molecule has 1 aromatic heterocycles. The number of sulfonamides is 1. The van der Waals surface area contributed by atoms with E-state index in [0.29, 0.717) is 25.2 Å². The number of rotatable bonds is 6. The highest BCUT2D eigenvalue weighted by Crippen LogP contribution is 2.30. The number of fused-ring (bicyclic) bond motifs is 1. The van der Waals surface area contributed by atoms with Gasteiger partial charge in [-0.1, -0.05) is 42.4 Å². The molecule has 1 N–H and O–H groups in total. The minimum atomic E-state index is -3.76. The summed E-state index contributed by atoms with van der Waals surface area (Å²) >= 11 is 0. The molecular weight excluding hydrogens is 392 g/mol. The Labute approximate surface area is 168 Å². The zero-order valence-corrected chi connectivity index (χ0v) is 16.6. The van der Waals surface area contributed by atoms with Crippen molar-refractivity contribution in [3.63, 3.8) is 0 Å². The van der Waals surface area contributed by atoms with Crippen LogP contribution in [0.4, 0.5) is 5.69 Å². The Balaban J connectivity index is 1.47. The summed E-state index contributed by atoms with van der Waals surface area (Å²) < 4.78 is 33.0. The van der Waals surface area contributed by atoms with E-state index >= 15 is 0 Å². The molecule has 3 aromatic rings. The second-order valence-electron chi connectivity index (χ2n) is 6.64. The lowest BCUT2D eigenvalue weighted by Crippen LogP contribution is -2.27. The normalized spacial score (nSPS) is 13.5. The van der Waals surface area contributed by atoms with Crippen LogP contribution in [0.5, 0.6) is 0 Å². The molecule has 1 aliphatic rings. The number of nitrogens with one attached hydrogen (secondary N) is 1. The smallest absolute Gasteiger partial charge is 0.242 e. The molecule has 0 unspecified atom stereocenters.